The third-order valence-electron chi connectivity index (χ3n) is 4.77. The second kappa shape index (κ2) is 9.62. The maximum atomic E-state index is 12.7. The van der Waals surface area contributed by atoms with Crippen LogP contribution in [0.2, 0.25) is 0 Å². The molecular weight excluding hydrogens is 452 g/mol. The van der Waals surface area contributed by atoms with Crippen molar-refractivity contribution < 1.29 is 17.2 Å². The summed E-state index contributed by atoms with van der Waals surface area (Å²) in [5.41, 5.74) is 2.84. The zero-order valence-electron chi connectivity index (χ0n) is 16.8. The van der Waals surface area contributed by atoms with E-state index in [2.05, 4.69) is 10.2 Å². The zero-order chi connectivity index (χ0) is 22.6. The SMILES string of the molecule is O=S(=O)(c1ccc(CSc2nnc(Cc3ccccc3)n2-c2ccccc2)cc1)C(F)F. The van der Waals surface area contributed by atoms with Crippen molar-refractivity contribution in [2.75, 3.05) is 0 Å². The molecule has 4 rings (SSSR count). The Kier molecular flexibility index (Phi) is 6.66. The zero-order valence-corrected chi connectivity index (χ0v) is 18.4. The van der Waals surface area contributed by atoms with Crippen LogP contribution in [0.15, 0.2) is 95.0 Å². The Morgan fingerprint density at radius 1 is 0.812 bits per heavy atom. The molecule has 0 saturated carbocycles. The highest BCUT2D eigenvalue weighted by Crippen LogP contribution is 2.27. The molecule has 4 aromatic rings. The Morgan fingerprint density at radius 3 is 2.06 bits per heavy atom. The summed E-state index contributed by atoms with van der Waals surface area (Å²) in [6.45, 7) is 0. The first-order chi connectivity index (χ1) is 15.4. The predicted octanol–water partition coefficient (Wildman–Crippen LogP) is 5.15. The van der Waals surface area contributed by atoms with E-state index in [9.17, 15) is 17.2 Å². The van der Waals surface area contributed by atoms with Crippen molar-refractivity contribution in [1.29, 1.82) is 0 Å². The third kappa shape index (κ3) is 4.89. The van der Waals surface area contributed by atoms with Gasteiger partial charge in [0.15, 0.2) is 5.16 Å². The van der Waals surface area contributed by atoms with E-state index in [1.165, 1.54) is 36.0 Å². The first-order valence-corrected chi connectivity index (χ1v) is 12.3. The lowest BCUT2D eigenvalue weighted by molar-refractivity contribution is 0.234. The molecule has 0 atom stereocenters. The van der Waals surface area contributed by atoms with E-state index in [0.29, 0.717) is 17.3 Å². The molecule has 9 heteroatoms. The van der Waals surface area contributed by atoms with Gasteiger partial charge in [-0.2, -0.15) is 8.78 Å². The van der Waals surface area contributed by atoms with Crippen molar-refractivity contribution in [2.24, 2.45) is 0 Å². The number of sulfone groups is 1. The van der Waals surface area contributed by atoms with E-state index < -0.39 is 15.6 Å². The summed E-state index contributed by atoms with van der Waals surface area (Å²) < 4.78 is 50.6. The highest BCUT2D eigenvalue weighted by Gasteiger charge is 2.26. The summed E-state index contributed by atoms with van der Waals surface area (Å²) >= 11 is 1.44. The Bertz CT molecular complexity index is 1280. The molecule has 0 radical (unpaired) electrons. The van der Waals surface area contributed by atoms with Gasteiger partial charge in [0.1, 0.15) is 5.82 Å². The fourth-order valence-corrected chi connectivity index (χ4v) is 4.80. The molecule has 164 valence electrons. The Hall–Kier alpha value is -3.04. The van der Waals surface area contributed by atoms with E-state index in [1.54, 1.807) is 0 Å². The van der Waals surface area contributed by atoms with Gasteiger partial charge in [0, 0.05) is 17.9 Å². The first kappa shape index (κ1) is 22.2. The smallest absolute Gasteiger partial charge is 0.274 e. The van der Waals surface area contributed by atoms with Crippen LogP contribution in [0, 0.1) is 0 Å². The molecule has 0 aliphatic heterocycles. The molecule has 0 aliphatic carbocycles. The summed E-state index contributed by atoms with van der Waals surface area (Å²) in [5, 5.41) is 9.45. The molecule has 0 unspecified atom stereocenters. The van der Waals surface area contributed by atoms with E-state index in [4.69, 9.17) is 0 Å². The van der Waals surface area contributed by atoms with Crippen LogP contribution in [0.5, 0.6) is 0 Å². The molecule has 5 nitrogen and oxygen atoms in total. The van der Waals surface area contributed by atoms with Gasteiger partial charge in [0.25, 0.3) is 0 Å². The van der Waals surface area contributed by atoms with Crippen LogP contribution in [-0.2, 0) is 22.0 Å². The van der Waals surface area contributed by atoms with Gasteiger partial charge in [-0.25, -0.2) is 8.42 Å². The number of nitrogens with zero attached hydrogens (tertiary/aromatic N) is 3. The summed E-state index contributed by atoms with van der Waals surface area (Å²) in [5.74, 6) is -2.16. The van der Waals surface area contributed by atoms with Gasteiger partial charge in [-0.3, -0.25) is 4.57 Å². The van der Waals surface area contributed by atoms with Crippen molar-refractivity contribution in [2.45, 2.75) is 28.0 Å². The van der Waals surface area contributed by atoms with Crippen molar-refractivity contribution in [3.8, 4) is 5.69 Å². The number of benzene rings is 3. The minimum absolute atomic E-state index is 0.390. The summed E-state index contributed by atoms with van der Waals surface area (Å²) in [6, 6.07) is 25.3. The molecule has 0 spiro atoms. The number of hydrogen-bond acceptors (Lipinski definition) is 5. The van der Waals surface area contributed by atoms with Gasteiger partial charge in [-0.1, -0.05) is 72.4 Å². The van der Waals surface area contributed by atoms with Crippen LogP contribution >= 0.6 is 11.8 Å². The number of rotatable bonds is 8. The number of aromatic nitrogens is 3. The first-order valence-electron chi connectivity index (χ1n) is 9.72. The average Bonchev–Trinajstić information content (AvgIpc) is 3.21. The van der Waals surface area contributed by atoms with E-state index in [1.807, 2.05) is 65.2 Å². The number of thioether (sulfide) groups is 1. The number of para-hydroxylation sites is 1. The van der Waals surface area contributed by atoms with Crippen LogP contribution < -0.4 is 0 Å². The van der Waals surface area contributed by atoms with Gasteiger partial charge in [-0.05, 0) is 35.4 Å². The fraction of sp³-hybridized carbons (Fsp3) is 0.130. The monoisotopic (exact) mass is 471 g/mol. The molecule has 1 aromatic heterocycles. The maximum Gasteiger partial charge on any atom is 0.341 e. The molecule has 0 fully saturated rings. The Morgan fingerprint density at radius 2 is 1.44 bits per heavy atom. The fourth-order valence-electron chi connectivity index (χ4n) is 3.15. The van der Waals surface area contributed by atoms with Gasteiger partial charge in [0.05, 0.1) is 4.90 Å². The van der Waals surface area contributed by atoms with Crippen molar-refractivity contribution >= 4 is 21.6 Å². The lowest BCUT2D eigenvalue weighted by Crippen LogP contribution is -2.11. The minimum atomic E-state index is -4.60. The second-order valence-corrected chi connectivity index (χ2v) is 9.83. The molecule has 0 aliphatic rings. The molecular formula is C23H19F2N3O2S2. The highest BCUT2D eigenvalue weighted by atomic mass is 32.2. The Labute approximate surface area is 189 Å². The summed E-state index contributed by atoms with van der Waals surface area (Å²) in [6.07, 6.45) is 0.615. The Balaban J connectivity index is 1.57. The van der Waals surface area contributed by atoms with Crippen LogP contribution in [0.3, 0.4) is 0 Å². The standard InChI is InChI=1S/C23H19F2N3O2S2/c24-22(25)32(29,30)20-13-11-18(12-14-20)16-31-23-27-26-21(15-17-7-3-1-4-8-17)28(23)19-9-5-2-6-10-19/h1-14,22H,15-16H2. The normalized spacial score (nSPS) is 11.7. The van der Waals surface area contributed by atoms with Gasteiger partial charge in [0.2, 0.25) is 9.84 Å². The summed E-state index contributed by atoms with van der Waals surface area (Å²) in [7, 11) is -4.60. The van der Waals surface area contributed by atoms with Crippen molar-refractivity contribution in [1.82, 2.24) is 14.8 Å². The summed E-state index contributed by atoms with van der Waals surface area (Å²) in [4.78, 5) is -0.390. The van der Waals surface area contributed by atoms with E-state index in [-0.39, 0.29) is 4.90 Å². The molecule has 0 amide bonds. The lowest BCUT2D eigenvalue weighted by atomic mass is 10.1. The molecule has 0 N–H and O–H groups in total. The molecule has 1 heterocycles. The lowest BCUT2D eigenvalue weighted by Gasteiger charge is -2.10. The molecule has 0 saturated heterocycles. The number of alkyl halides is 2. The van der Waals surface area contributed by atoms with Gasteiger partial charge >= 0.3 is 5.76 Å². The van der Waals surface area contributed by atoms with Crippen LogP contribution in [-0.4, -0.2) is 28.9 Å². The number of hydrogen-bond donors (Lipinski definition) is 0. The van der Waals surface area contributed by atoms with Gasteiger partial charge < -0.3 is 0 Å². The predicted molar refractivity (Wildman–Crippen MR) is 120 cm³/mol. The topological polar surface area (TPSA) is 64.8 Å². The molecule has 3 aromatic carbocycles. The van der Waals surface area contributed by atoms with E-state index >= 15 is 0 Å². The van der Waals surface area contributed by atoms with Crippen molar-refractivity contribution in [3.05, 3.63) is 102 Å². The molecule has 0 bridgehead atoms. The quantitative estimate of drug-likeness (QED) is 0.333. The number of halogens is 2. The highest BCUT2D eigenvalue weighted by molar-refractivity contribution is 7.98. The van der Waals surface area contributed by atoms with Crippen LogP contribution in [0.4, 0.5) is 8.78 Å². The van der Waals surface area contributed by atoms with Crippen molar-refractivity contribution in [3.63, 3.8) is 0 Å². The van der Waals surface area contributed by atoms with E-state index in [0.717, 1.165) is 22.6 Å². The van der Waals surface area contributed by atoms with Crippen LogP contribution in [0.1, 0.15) is 17.0 Å². The van der Waals surface area contributed by atoms with Crippen LogP contribution in [0.25, 0.3) is 5.69 Å². The largest absolute Gasteiger partial charge is 0.341 e. The molecule has 32 heavy (non-hydrogen) atoms. The maximum absolute atomic E-state index is 12.7. The second-order valence-electron chi connectivity index (χ2n) is 6.97. The average molecular weight is 472 g/mol. The third-order valence-corrected chi connectivity index (χ3v) is 7.17. The van der Waals surface area contributed by atoms with Gasteiger partial charge in [-0.15, -0.1) is 10.2 Å². The minimum Gasteiger partial charge on any atom is -0.274 e.